The molecule has 2 aromatic carbocycles. The van der Waals surface area contributed by atoms with E-state index < -0.39 is 0 Å². The third kappa shape index (κ3) is 3.71. The summed E-state index contributed by atoms with van der Waals surface area (Å²) in [5, 5.41) is 2.98. The van der Waals surface area contributed by atoms with Crippen molar-refractivity contribution >= 4 is 5.91 Å². The fraction of sp³-hybridized carbons (Fsp3) is 0.200. The molecule has 0 fully saturated rings. The minimum absolute atomic E-state index is 0.0290. The number of nitrogens with zero attached hydrogens (tertiary/aromatic N) is 1. The summed E-state index contributed by atoms with van der Waals surface area (Å²) in [7, 11) is 0. The molecular weight excluding hydrogens is 298 g/mol. The molecule has 0 saturated carbocycles. The number of carbonyl (C=O) groups is 1. The van der Waals surface area contributed by atoms with Crippen molar-refractivity contribution in [2.75, 3.05) is 0 Å². The van der Waals surface area contributed by atoms with Crippen molar-refractivity contribution in [1.29, 1.82) is 0 Å². The highest BCUT2D eigenvalue weighted by Gasteiger charge is 2.18. The molecule has 0 unspecified atom stereocenters. The number of imidazole rings is 1. The predicted molar refractivity (Wildman–Crippen MR) is 95.3 cm³/mol. The summed E-state index contributed by atoms with van der Waals surface area (Å²) >= 11 is 0. The molecule has 0 aliphatic heterocycles. The van der Waals surface area contributed by atoms with Crippen molar-refractivity contribution < 1.29 is 4.79 Å². The lowest BCUT2D eigenvalue weighted by Gasteiger charge is -2.14. The molecule has 3 aromatic rings. The fourth-order valence-electron chi connectivity index (χ4n) is 2.77. The number of carbonyl (C=O) groups excluding carboxylic acids is 1. The maximum Gasteiger partial charge on any atom is 0.227 e. The molecule has 0 spiro atoms. The third-order valence-electron chi connectivity index (χ3n) is 4.07. The van der Waals surface area contributed by atoms with E-state index in [2.05, 4.69) is 15.3 Å². The maximum atomic E-state index is 12.5. The van der Waals surface area contributed by atoms with E-state index in [0.717, 1.165) is 29.1 Å². The normalized spacial score (nSPS) is 11.9. The molecule has 24 heavy (non-hydrogen) atoms. The van der Waals surface area contributed by atoms with E-state index in [1.165, 1.54) is 0 Å². The quantitative estimate of drug-likeness (QED) is 0.724. The lowest BCUT2D eigenvalue weighted by molar-refractivity contribution is -0.122. The van der Waals surface area contributed by atoms with E-state index in [1.807, 2.05) is 67.6 Å². The van der Waals surface area contributed by atoms with E-state index >= 15 is 0 Å². The fourth-order valence-corrected chi connectivity index (χ4v) is 2.77. The second kappa shape index (κ2) is 7.59. The first-order valence-electron chi connectivity index (χ1n) is 8.20. The molecule has 4 heteroatoms. The second-order valence-electron chi connectivity index (χ2n) is 5.70. The van der Waals surface area contributed by atoms with E-state index in [-0.39, 0.29) is 11.8 Å². The number of hydrogen-bond acceptors (Lipinski definition) is 2. The van der Waals surface area contributed by atoms with Crippen molar-refractivity contribution in [3.63, 3.8) is 0 Å². The molecule has 4 nitrogen and oxygen atoms in total. The van der Waals surface area contributed by atoms with Crippen LogP contribution in [-0.4, -0.2) is 15.9 Å². The molecule has 1 amide bonds. The molecule has 1 aromatic heterocycles. The number of hydrogen-bond donors (Lipinski definition) is 2. The van der Waals surface area contributed by atoms with E-state index in [4.69, 9.17) is 0 Å². The van der Waals surface area contributed by atoms with Gasteiger partial charge in [0.05, 0.1) is 24.4 Å². The second-order valence-corrected chi connectivity index (χ2v) is 5.70. The molecule has 0 saturated heterocycles. The van der Waals surface area contributed by atoms with Gasteiger partial charge in [-0.2, -0.15) is 0 Å². The highest BCUT2D eigenvalue weighted by molar-refractivity contribution is 5.83. The molecule has 3 rings (SSSR count). The van der Waals surface area contributed by atoms with Gasteiger partial charge >= 0.3 is 0 Å². The topological polar surface area (TPSA) is 57.8 Å². The van der Waals surface area contributed by atoms with Crippen LogP contribution in [-0.2, 0) is 11.3 Å². The Morgan fingerprint density at radius 3 is 2.42 bits per heavy atom. The van der Waals surface area contributed by atoms with Crippen LogP contribution >= 0.6 is 0 Å². The van der Waals surface area contributed by atoms with Gasteiger partial charge in [0, 0.05) is 0 Å². The third-order valence-corrected chi connectivity index (χ3v) is 4.07. The number of amides is 1. The van der Waals surface area contributed by atoms with Crippen molar-refractivity contribution in [2.24, 2.45) is 0 Å². The Bertz CT molecular complexity index is 781. The zero-order chi connectivity index (χ0) is 16.8. The van der Waals surface area contributed by atoms with Gasteiger partial charge in [-0.15, -0.1) is 0 Å². The Balaban J connectivity index is 1.63. The molecule has 122 valence electrons. The summed E-state index contributed by atoms with van der Waals surface area (Å²) in [6, 6.07) is 19.9. The highest BCUT2D eigenvalue weighted by Crippen LogP contribution is 2.20. The Morgan fingerprint density at radius 2 is 1.75 bits per heavy atom. The minimum Gasteiger partial charge on any atom is -0.348 e. The number of benzene rings is 2. The van der Waals surface area contributed by atoms with Crippen LogP contribution in [0.3, 0.4) is 0 Å². The summed E-state index contributed by atoms with van der Waals surface area (Å²) in [6.45, 7) is 2.42. The van der Waals surface area contributed by atoms with Crippen LogP contribution in [0.2, 0.25) is 0 Å². The predicted octanol–water partition coefficient (Wildman–Crippen LogP) is 3.89. The maximum absolute atomic E-state index is 12.5. The summed E-state index contributed by atoms with van der Waals surface area (Å²) in [5.41, 5.74) is 3.08. The van der Waals surface area contributed by atoms with Crippen LogP contribution in [0, 0.1) is 0 Å². The number of nitrogens with one attached hydrogen (secondary N) is 2. The molecule has 1 heterocycles. The van der Waals surface area contributed by atoms with Gasteiger partial charge in [0.25, 0.3) is 0 Å². The van der Waals surface area contributed by atoms with Gasteiger partial charge in [-0.05, 0) is 17.5 Å². The lowest BCUT2D eigenvalue weighted by atomic mass is 9.96. The summed E-state index contributed by atoms with van der Waals surface area (Å²) < 4.78 is 0. The van der Waals surface area contributed by atoms with E-state index in [0.29, 0.717) is 6.54 Å². The SMILES string of the molecule is CC[C@@H](C(=O)NCc1ncc(-c2ccccc2)[nH]1)c1ccccc1. The van der Waals surface area contributed by atoms with Crippen LogP contribution in [0.25, 0.3) is 11.3 Å². The van der Waals surface area contributed by atoms with E-state index in [9.17, 15) is 4.79 Å². The van der Waals surface area contributed by atoms with Gasteiger partial charge in [0.15, 0.2) is 0 Å². The molecule has 0 bridgehead atoms. The van der Waals surface area contributed by atoms with Crippen molar-refractivity contribution in [3.8, 4) is 11.3 Å². The summed E-state index contributed by atoms with van der Waals surface area (Å²) in [6.07, 6.45) is 2.56. The highest BCUT2D eigenvalue weighted by atomic mass is 16.1. The van der Waals surface area contributed by atoms with Gasteiger partial charge in [-0.3, -0.25) is 4.79 Å². The first-order chi connectivity index (χ1) is 11.8. The summed E-state index contributed by atoms with van der Waals surface area (Å²) in [5.74, 6) is 0.654. The Morgan fingerprint density at radius 1 is 1.08 bits per heavy atom. The standard InChI is InChI=1S/C20H21N3O/c1-2-17(15-9-5-3-6-10-15)20(24)22-14-19-21-13-18(23-19)16-11-7-4-8-12-16/h3-13,17H,2,14H2,1H3,(H,21,23)(H,22,24)/t17-/m1/s1. The number of aromatic nitrogens is 2. The number of rotatable bonds is 6. The average Bonchev–Trinajstić information content (AvgIpc) is 3.11. The van der Waals surface area contributed by atoms with Gasteiger partial charge in [-0.1, -0.05) is 67.6 Å². The molecule has 0 aliphatic carbocycles. The monoisotopic (exact) mass is 319 g/mol. The smallest absolute Gasteiger partial charge is 0.227 e. The van der Waals surface area contributed by atoms with Crippen molar-refractivity contribution in [1.82, 2.24) is 15.3 Å². The van der Waals surface area contributed by atoms with Crippen LogP contribution in [0.4, 0.5) is 0 Å². The van der Waals surface area contributed by atoms with E-state index in [1.54, 1.807) is 6.20 Å². The Kier molecular flexibility index (Phi) is 5.06. The first kappa shape index (κ1) is 16.0. The average molecular weight is 319 g/mol. The molecule has 0 radical (unpaired) electrons. The van der Waals surface area contributed by atoms with Crippen LogP contribution in [0.15, 0.2) is 66.9 Å². The summed E-state index contributed by atoms with van der Waals surface area (Å²) in [4.78, 5) is 20.1. The lowest BCUT2D eigenvalue weighted by Crippen LogP contribution is -2.29. The largest absolute Gasteiger partial charge is 0.348 e. The first-order valence-corrected chi connectivity index (χ1v) is 8.20. The van der Waals surface area contributed by atoms with Crippen LogP contribution < -0.4 is 5.32 Å². The zero-order valence-corrected chi connectivity index (χ0v) is 13.7. The number of H-pyrrole nitrogens is 1. The van der Waals surface area contributed by atoms with Crippen molar-refractivity contribution in [3.05, 3.63) is 78.2 Å². The molecular formula is C20H21N3O. The molecule has 1 atom stereocenters. The van der Waals surface area contributed by atoms with Crippen LogP contribution in [0.5, 0.6) is 0 Å². The van der Waals surface area contributed by atoms with Gasteiger partial charge in [-0.25, -0.2) is 4.98 Å². The molecule has 2 N–H and O–H groups in total. The van der Waals surface area contributed by atoms with Gasteiger partial charge in [0.1, 0.15) is 5.82 Å². The zero-order valence-electron chi connectivity index (χ0n) is 13.7. The molecule has 0 aliphatic rings. The van der Waals surface area contributed by atoms with Gasteiger partial charge < -0.3 is 10.3 Å². The minimum atomic E-state index is -0.130. The van der Waals surface area contributed by atoms with Crippen LogP contribution in [0.1, 0.15) is 30.7 Å². The number of aromatic amines is 1. The van der Waals surface area contributed by atoms with Gasteiger partial charge in [0.2, 0.25) is 5.91 Å². The van der Waals surface area contributed by atoms with Crippen molar-refractivity contribution in [2.45, 2.75) is 25.8 Å². The Hall–Kier alpha value is -2.88. The Labute approximate surface area is 142 Å².